The van der Waals surface area contributed by atoms with Crippen LogP contribution in [0.5, 0.6) is 0 Å². The van der Waals surface area contributed by atoms with Crippen LogP contribution in [0.2, 0.25) is 0 Å². The van der Waals surface area contributed by atoms with Gasteiger partial charge >= 0.3 is 0 Å². The third kappa shape index (κ3) is 11.8. The number of aliphatic imine (C=N–C) groups is 1. The maximum atomic E-state index is 5.80. The van der Waals surface area contributed by atoms with Crippen molar-refractivity contribution in [3.8, 4) is 0 Å². The first-order valence-electron chi connectivity index (χ1n) is 11.2. The summed E-state index contributed by atoms with van der Waals surface area (Å²) < 4.78 is 16.9. The molecule has 1 fully saturated rings. The Morgan fingerprint density at radius 2 is 1.83 bits per heavy atom. The topological polar surface area (TPSA) is 64.1 Å². The molecule has 1 aromatic rings. The Labute approximate surface area is 176 Å². The van der Waals surface area contributed by atoms with Crippen molar-refractivity contribution < 1.29 is 14.2 Å². The van der Waals surface area contributed by atoms with Crippen LogP contribution in [0, 0.1) is 5.92 Å². The van der Waals surface area contributed by atoms with Crippen molar-refractivity contribution in [2.24, 2.45) is 10.9 Å². The zero-order chi connectivity index (χ0) is 20.4. The average molecular weight is 406 g/mol. The summed E-state index contributed by atoms with van der Waals surface area (Å²) in [5, 5.41) is 6.67. The summed E-state index contributed by atoms with van der Waals surface area (Å²) in [5.41, 5.74) is 1.32. The van der Waals surface area contributed by atoms with Crippen LogP contribution in [0.3, 0.4) is 0 Å². The van der Waals surface area contributed by atoms with Gasteiger partial charge in [-0.1, -0.05) is 30.3 Å². The van der Waals surface area contributed by atoms with Crippen molar-refractivity contribution in [2.75, 3.05) is 59.3 Å². The molecule has 164 valence electrons. The zero-order valence-corrected chi connectivity index (χ0v) is 18.0. The molecule has 1 aliphatic heterocycles. The van der Waals surface area contributed by atoms with Gasteiger partial charge < -0.3 is 24.8 Å². The molecule has 0 radical (unpaired) electrons. The summed E-state index contributed by atoms with van der Waals surface area (Å²) in [6.45, 7) is 9.51. The molecular weight excluding hydrogens is 366 g/mol. The lowest BCUT2D eigenvalue weighted by atomic mass is 10.0. The highest BCUT2D eigenvalue weighted by Crippen LogP contribution is 2.14. The van der Waals surface area contributed by atoms with Gasteiger partial charge in [0.25, 0.3) is 0 Å². The van der Waals surface area contributed by atoms with E-state index in [1.807, 2.05) is 6.07 Å². The van der Waals surface area contributed by atoms with Crippen LogP contribution in [-0.2, 0) is 20.6 Å². The highest BCUT2D eigenvalue weighted by atomic mass is 16.5. The minimum absolute atomic E-state index is 0.668. The number of guanidine groups is 1. The number of ether oxygens (including phenoxy) is 3. The fourth-order valence-corrected chi connectivity index (χ4v) is 3.18. The molecule has 6 heteroatoms. The molecule has 0 amide bonds. The summed E-state index contributed by atoms with van der Waals surface area (Å²) in [6.07, 6.45) is 5.13. The molecule has 0 spiro atoms. The first-order valence-corrected chi connectivity index (χ1v) is 11.2. The van der Waals surface area contributed by atoms with Gasteiger partial charge in [-0.2, -0.15) is 0 Å². The Balaban J connectivity index is 1.46. The second-order valence-corrected chi connectivity index (χ2v) is 7.37. The quantitative estimate of drug-likeness (QED) is 0.283. The third-order valence-corrected chi connectivity index (χ3v) is 4.89. The van der Waals surface area contributed by atoms with Gasteiger partial charge in [0, 0.05) is 52.7 Å². The Morgan fingerprint density at radius 3 is 2.62 bits per heavy atom. The van der Waals surface area contributed by atoms with Gasteiger partial charge in [-0.15, -0.1) is 0 Å². The molecule has 1 saturated heterocycles. The lowest BCUT2D eigenvalue weighted by Crippen LogP contribution is -2.38. The Morgan fingerprint density at radius 1 is 1.03 bits per heavy atom. The molecule has 0 atom stereocenters. The minimum Gasteiger partial charge on any atom is -0.381 e. The number of hydrogen-bond acceptors (Lipinski definition) is 4. The van der Waals surface area contributed by atoms with Crippen LogP contribution in [0.1, 0.15) is 38.2 Å². The molecule has 0 saturated carbocycles. The van der Waals surface area contributed by atoms with E-state index in [2.05, 4.69) is 46.8 Å². The molecule has 29 heavy (non-hydrogen) atoms. The zero-order valence-electron chi connectivity index (χ0n) is 18.0. The lowest BCUT2D eigenvalue weighted by Gasteiger charge is -2.21. The average Bonchev–Trinajstić information content (AvgIpc) is 2.76. The van der Waals surface area contributed by atoms with Crippen molar-refractivity contribution in [1.29, 1.82) is 0 Å². The predicted octanol–water partition coefficient (Wildman–Crippen LogP) is 3.02. The number of benzene rings is 1. The summed E-state index contributed by atoms with van der Waals surface area (Å²) in [7, 11) is 0. The summed E-state index contributed by atoms with van der Waals surface area (Å²) in [4.78, 5) is 4.63. The molecule has 0 unspecified atom stereocenters. The summed E-state index contributed by atoms with van der Waals surface area (Å²) >= 11 is 0. The van der Waals surface area contributed by atoms with Gasteiger partial charge in [-0.05, 0) is 50.5 Å². The fraction of sp³-hybridized carbons (Fsp3) is 0.696. The Bertz CT molecular complexity index is 533. The molecule has 0 aromatic heterocycles. The second-order valence-electron chi connectivity index (χ2n) is 7.37. The SMILES string of the molecule is CCNC(=NCCCOCC1CCOCC1)NCCCOCCc1ccccc1. The molecule has 0 bridgehead atoms. The summed E-state index contributed by atoms with van der Waals surface area (Å²) in [5.74, 6) is 1.54. The van der Waals surface area contributed by atoms with Crippen molar-refractivity contribution in [3.05, 3.63) is 35.9 Å². The van der Waals surface area contributed by atoms with E-state index in [1.54, 1.807) is 0 Å². The standard InChI is InChI=1S/C23H39N3O3/c1-2-24-23(26-14-7-16-29-20-22-11-18-28-19-12-22)25-13-6-15-27-17-10-21-8-4-3-5-9-21/h3-5,8-9,22H,2,6-7,10-20H2,1H3,(H2,24,25,26). The van der Waals surface area contributed by atoms with Crippen LogP contribution in [0.25, 0.3) is 0 Å². The lowest BCUT2D eigenvalue weighted by molar-refractivity contribution is 0.0205. The van der Waals surface area contributed by atoms with Gasteiger partial charge in [-0.3, -0.25) is 4.99 Å². The number of hydrogen-bond donors (Lipinski definition) is 2. The molecule has 1 aromatic carbocycles. The second kappa shape index (κ2) is 16.2. The number of nitrogens with one attached hydrogen (secondary N) is 2. The fourth-order valence-electron chi connectivity index (χ4n) is 3.18. The van der Waals surface area contributed by atoms with E-state index in [-0.39, 0.29) is 0 Å². The van der Waals surface area contributed by atoms with Gasteiger partial charge in [0.05, 0.1) is 6.61 Å². The maximum absolute atomic E-state index is 5.80. The van der Waals surface area contributed by atoms with Gasteiger partial charge in [0.1, 0.15) is 0 Å². The van der Waals surface area contributed by atoms with Crippen LogP contribution >= 0.6 is 0 Å². The molecule has 2 N–H and O–H groups in total. The predicted molar refractivity (Wildman–Crippen MR) is 119 cm³/mol. The maximum Gasteiger partial charge on any atom is 0.191 e. The van der Waals surface area contributed by atoms with E-state index in [9.17, 15) is 0 Å². The van der Waals surface area contributed by atoms with Crippen molar-refractivity contribution >= 4 is 5.96 Å². The first-order chi connectivity index (χ1) is 14.4. The molecular formula is C23H39N3O3. The van der Waals surface area contributed by atoms with E-state index in [0.29, 0.717) is 5.92 Å². The summed E-state index contributed by atoms with van der Waals surface area (Å²) in [6, 6.07) is 10.5. The van der Waals surface area contributed by atoms with Crippen LogP contribution in [-0.4, -0.2) is 65.2 Å². The number of nitrogens with zero attached hydrogens (tertiary/aromatic N) is 1. The molecule has 1 heterocycles. The van der Waals surface area contributed by atoms with Crippen molar-refractivity contribution in [2.45, 2.75) is 39.0 Å². The van der Waals surface area contributed by atoms with Gasteiger partial charge in [0.15, 0.2) is 5.96 Å². The smallest absolute Gasteiger partial charge is 0.191 e. The van der Waals surface area contributed by atoms with Crippen LogP contribution in [0.15, 0.2) is 35.3 Å². The molecule has 6 nitrogen and oxygen atoms in total. The minimum atomic E-state index is 0.668. The van der Waals surface area contributed by atoms with Crippen LogP contribution in [0.4, 0.5) is 0 Å². The normalized spacial score (nSPS) is 15.4. The van der Waals surface area contributed by atoms with E-state index < -0.39 is 0 Å². The monoisotopic (exact) mass is 405 g/mol. The molecule has 1 aliphatic rings. The molecule has 0 aliphatic carbocycles. The van der Waals surface area contributed by atoms with Crippen molar-refractivity contribution in [3.63, 3.8) is 0 Å². The highest BCUT2D eigenvalue weighted by molar-refractivity contribution is 5.79. The molecule has 2 rings (SSSR count). The van der Waals surface area contributed by atoms with E-state index in [0.717, 1.165) is 97.3 Å². The number of rotatable bonds is 14. The van der Waals surface area contributed by atoms with Crippen molar-refractivity contribution in [1.82, 2.24) is 10.6 Å². The van der Waals surface area contributed by atoms with Crippen LogP contribution < -0.4 is 10.6 Å². The Hall–Kier alpha value is -1.63. The largest absolute Gasteiger partial charge is 0.381 e. The van der Waals surface area contributed by atoms with E-state index >= 15 is 0 Å². The van der Waals surface area contributed by atoms with E-state index in [1.165, 1.54) is 5.56 Å². The van der Waals surface area contributed by atoms with Gasteiger partial charge in [0.2, 0.25) is 0 Å². The first kappa shape index (κ1) is 23.6. The van der Waals surface area contributed by atoms with Gasteiger partial charge in [-0.25, -0.2) is 0 Å². The highest BCUT2D eigenvalue weighted by Gasteiger charge is 2.13. The Kier molecular flexibility index (Phi) is 13.2. The third-order valence-electron chi connectivity index (χ3n) is 4.89. The van der Waals surface area contributed by atoms with E-state index in [4.69, 9.17) is 14.2 Å².